The molecular weight excluding hydrogens is 745 g/mol. The van der Waals surface area contributed by atoms with Crippen LogP contribution in [0.3, 0.4) is 0 Å². The maximum absolute atomic E-state index is 5.50. The summed E-state index contributed by atoms with van der Waals surface area (Å²) in [6.07, 6.45) is 0. The molecule has 1 aliphatic heterocycles. The van der Waals surface area contributed by atoms with Gasteiger partial charge in [0.05, 0.1) is 16.8 Å². The Morgan fingerprint density at radius 2 is 0.817 bits per heavy atom. The zero-order chi connectivity index (χ0) is 39.6. The van der Waals surface area contributed by atoms with E-state index >= 15 is 0 Å². The van der Waals surface area contributed by atoms with E-state index in [-0.39, 0.29) is 0 Å². The van der Waals surface area contributed by atoms with E-state index in [1.54, 1.807) is 0 Å². The smallest absolute Gasteiger partial charge is 0.161 e. The summed E-state index contributed by atoms with van der Waals surface area (Å²) < 4.78 is 0. The second-order valence-electron chi connectivity index (χ2n) is 15.6. The van der Waals surface area contributed by atoms with Gasteiger partial charge in [-0.3, -0.25) is 0 Å². The van der Waals surface area contributed by atoms with E-state index in [0.717, 1.165) is 39.0 Å². The van der Waals surface area contributed by atoms with Crippen molar-refractivity contribution < 1.29 is 0 Å². The van der Waals surface area contributed by atoms with Crippen molar-refractivity contribution >= 4 is 22.5 Å². The number of fused-ring (bicyclic) bond motifs is 10. The molecule has 0 saturated heterocycles. The quantitative estimate of drug-likeness (QED) is 0.174. The third-order valence-electron chi connectivity index (χ3n) is 12.4. The van der Waals surface area contributed by atoms with Crippen molar-refractivity contribution in [2.24, 2.45) is 0 Å². The molecule has 2 heterocycles. The van der Waals surface area contributed by atoms with Crippen LogP contribution in [0.15, 0.2) is 228 Å². The lowest BCUT2D eigenvalue weighted by Crippen LogP contribution is -2.32. The lowest BCUT2D eigenvalue weighted by atomic mass is 9.67. The molecule has 0 atom stereocenters. The van der Waals surface area contributed by atoms with Crippen LogP contribution in [-0.2, 0) is 5.41 Å². The number of rotatable bonds is 5. The molecule has 1 aliphatic carbocycles. The molecule has 0 saturated carbocycles. The Hall–Kier alpha value is -7.33. The zero-order valence-corrected chi connectivity index (χ0v) is 33.4. The molecule has 1 spiro atoms. The summed E-state index contributed by atoms with van der Waals surface area (Å²) >= 11 is 1.88. The van der Waals surface area contributed by atoms with Gasteiger partial charge in [-0.05, 0) is 78.5 Å². The van der Waals surface area contributed by atoms with Gasteiger partial charge in [0.25, 0.3) is 0 Å². The second kappa shape index (κ2) is 13.9. The van der Waals surface area contributed by atoms with Crippen molar-refractivity contribution in [1.29, 1.82) is 0 Å². The van der Waals surface area contributed by atoms with Crippen LogP contribution in [0, 0.1) is 0 Å². The molecule has 12 rings (SSSR count). The molecule has 1 aromatic heterocycles. The number of nitrogens with zero attached hydrogens (tertiary/aromatic N) is 2. The van der Waals surface area contributed by atoms with Crippen molar-refractivity contribution in [3.8, 4) is 67.3 Å². The molecule has 10 aromatic rings. The zero-order valence-electron chi connectivity index (χ0n) is 32.6. The molecule has 0 unspecified atom stereocenters. The third kappa shape index (κ3) is 5.23. The normalized spacial score (nSPS) is 13.1. The minimum absolute atomic E-state index is 0.459. The van der Waals surface area contributed by atoms with Crippen molar-refractivity contribution in [3.63, 3.8) is 0 Å². The van der Waals surface area contributed by atoms with Gasteiger partial charge < -0.3 is 0 Å². The van der Waals surface area contributed by atoms with Gasteiger partial charge in [0.2, 0.25) is 0 Å². The first kappa shape index (κ1) is 34.7. The summed E-state index contributed by atoms with van der Waals surface area (Å²) in [5, 5.41) is 2.35. The van der Waals surface area contributed by atoms with Gasteiger partial charge in [-0.2, -0.15) is 0 Å². The lowest BCUT2D eigenvalue weighted by Gasteiger charge is -2.40. The van der Waals surface area contributed by atoms with E-state index in [1.165, 1.54) is 65.2 Å². The number of hydrogen-bond acceptors (Lipinski definition) is 3. The number of benzene rings is 9. The highest BCUT2D eigenvalue weighted by Crippen LogP contribution is 2.63. The Morgan fingerprint density at radius 3 is 1.53 bits per heavy atom. The fourth-order valence-corrected chi connectivity index (χ4v) is 11.2. The van der Waals surface area contributed by atoms with Crippen LogP contribution in [0.5, 0.6) is 0 Å². The van der Waals surface area contributed by atoms with Gasteiger partial charge in [-0.15, -0.1) is 0 Å². The summed E-state index contributed by atoms with van der Waals surface area (Å²) in [4.78, 5) is 13.4. The third-order valence-corrected chi connectivity index (χ3v) is 13.6. The van der Waals surface area contributed by atoms with Crippen LogP contribution in [0.25, 0.3) is 78.1 Å². The van der Waals surface area contributed by atoms with Crippen LogP contribution in [0.2, 0.25) is 0 Å². The average Bonchev–Trinajstić information content (AvgIpc) is 3.62. The molecular formula is C57H36N2S. The van der Waals surface area contributed by atoms with Gasteiger partial charge >= 0.3 is 0 Å². The summed E-state index contributed by atoms with van der Waals surface area (Å²) in [7, 11) is 0. The topological polar surface area (TPSA) is 25.8 Å². The summed E-state index contributed by atoms with van der Waals surface area (Å²) in [6.45, 7) is 0. The molecule has 2 nitrogen and oxygen atoms in total. The molecule has 9 aromatic carbocycles. The van der Waals surface area contributed by atoms with E-state index in [2.05, 4.69) is 218 Å². The monoisotopic (exact) mass is 780 g/mol. The van der Waals surface area contributed by atoms with Crippen LogP contribution < -0.4 is 0 Å². The van der Waals surface area contributed by atoms with Crippen LogP contribution in [0.4, 0.5) is 0 Å². The standard InChI is InChI=1S/C57H36N2S/c1-3-18-37(19-4-1)39-34-35-45(41-23-8-7-22-40(39)41)53-36-52(38-20-5-2-6-21-38)58-56(59-53)47-27-10-9-24-42(47)46-28-17-32-51-55(46)60-54-33-16-15-31-50(54)57(51)48-29-13-11-25-43(48)44-26-12-14-30-49(44)57/h1-36H. The van der Waals surface area contributed by atoms with Gasteiger partial charge in [-0.1, -0.05) is 218 Å². The summed E-state index contributed by atoms with van der Waals surface area (Å²) in [5.74, 6) is 0.697. The first-order valence-corrected chi connectivity index (χ1v) is 21.3. The second-order valence-corrected chi connectivity index (χ2v) is 16.6. The molecule has 0 fully saturated rings. The SMILES string of the molecule is c1ccc(-c2cc(-c3ccc(-c4ccccc4)c4ccccc34)nc(-c3ccccc3-c3cccc4c3Sc3ccccc3C43c4ccccc4-c4ccccc43)n2)cc1. The predicted octanol–water partition coefficient (Wildman–Crippen LogP) is 14.8. The van der Waals surface area contributed by atoms with E-state index in [1.807, 2.05) is 11.8 Å². The first-order valence-electron chi connectivity index (χ1n) is 20.5. The molecule has 0 N–H and O–H groups in total. The summed E-state index contributed by atoms with van der Waals surface area (Å²) in [6, 6.07) is 79.0. The molecule has 2 aliphatic rings. The Balaban J connectivity index is 1.09. The van der Waals surface area contributed by atoms with Gasteiger partial charge in [0.15, 0.2) is 5.82 Å². The minimum Gasteiger partial charge on any atom is -0.228 e. The van der Waals surface area contributed by atoms with Crippen molar-refractivity contribution in [1.82, 2.24) is 9.97 Å². The fraction of sp³-hybridized carbons (Fsp3) is 0.0175. The molecule has 3 heteroatoms. The fourth-order valence-electron chi connectivity index (χ4n) is 9.86. The van der Waals surface area contributed by atoms with Crippen LogP contribution >= 0.6 is 11.8 Å². The van der Waals surface area contributed by atoms with Gasteiger partial charge in [0.1, 0.15) is 0 Å². The molecule has 0 amide bonds. The van der Waals surface area contributed by atoms with Crippen molar-refractivity contribution in [2.75, 3.05) is 0 Å². The molecule has 0 bridgehead atoms. The maximum Gasteiger partial charge on any atom is 0.161 e. The summed E-state index contributed by atoms with van der Waals surface area (Å²) in [5.41, 5.74) is 17.0. The lowest BCUT2D eigenvalue weighted by molar-refractivity contribution is 0.723. The number of aromatic nitrogens is 2. The number of hydrogen-bond donors (Lipinski definition) is 0. The Labute approximate surface area is 353 Å². The Bertz CT molecular complexity index is 3250. The van der Waals surface area contributed by atoms with Crippen molar-refractivity contribution in [3.05, 3.63) is 241 Å². The van der Waals surface area contributed by atoms with E-state index in [9.17, 15) is 0 Å². The van der Waals surface area contributed by atoms with Crippen LogP contribution in [-0.4, -0.2) is 9.97 Å². The van der Waals surface area contributed by atoms with Crippen molar-refractivity contribution in [2.45, 2.75) is 15.2 Å². The average molecular weight is 781 g/mol. The highest BCUT2D eigenvalue weighted by atomic mass is 32.2. The van der Waals surface area contributed by atoms with E-state index in [4.69, 9.17) is 9.97 Å². The molecule has 60 heavy (non-hydrogen) atoms. The Kier molecular flexibility index (Phi) is 8.04. The van der Waals surface area contributed by atoms with Crippen LogP contribution in [0.1, 0.15) is 22.3 Å². The molecule has 0 radical (unpaired) electrons. The highest BCUT2D eigenvalue weighted by molar-refractivity contribution is 7.99. The highest BCUT2D eigenvalue weighted by Gasteiger charge is 2.50. The predicted molar refractivity (Wildman–Crippen MR) is 248 cm³/mol. The largest absolute Gasteiger partial charge is 0.228 e. The molecule has 280 valence electrons. The Morgan fingerprint density at radius 1 is 0.317 bits per heavy atom. The first-order chi connectivity index (χ1) is 29.8. The van der Waals surface area contributed by atoms with Gasteiger partial charge in [0, 0.05) is 26.5 Å². The van der Waals surface area contributed by atoms with E-state index < -0.39 is 5.41 Å². The van der Waals surface area contributed by atoms with Gasteiger partial charge in [-0.25, -0.2) is 9.97 Å². The van der Waals surface area contributed by atoms with E-state index in [0.29, 0.717) is 5.82 Å². The minimum atomic E-state index is -0.459. The maximum atomic E-state index is 5.50.